The van der Waals surface area contributed by atoms with Crippen molar-refractivity contribution in [3.63, 3.8) is 0 Å². The summed E-state index contributed by atoms with van der Waals surface area (Å²) in [5, 5.41) is 21.4. The number of nitrogens with zero attached hydrogens (tertiary/aromatic N) is 4. The Morgan fingerprint density at radius 1 is 0.917 bits per heavy atom. The first-order chi connectivity index (χ1) is 17.4. The van der Waals surface area contributed by atoms with E-state index in [9.17, 15) is 10.1 Å². The van der Waals surface area contributed by atoms with Crippen molar-refractivity contribution in [2.24, 2.45) is 0 Å². The topological polar surface area (TPSA) is 83.2 Å². The zero-order chi connectivity index (χ0) is 25.7. The number of nitriles is 2. The van der Waals surface area contributed by atoms with E-state index < -0.39 is 0 Å². The maximum Gasteiger partial charge on any atom is 0.251 e. The SMILES string of the molecule is CC(C)N(C)c1ccc(C(c2ccc(C#N)cc2)N2CC[C@@H](NC(=O)c3ccc(C#N)cc3)C2)cc1. The van der Waals surface area contributed by atoms with Crippen molar-refractivity contribution in [1.29, 1.82) is 10.5 Å². The van der Waals surface area contributed by atoms with Crippen LogP contribution in [-0.2, 0) is 0 Å². The molecule has 36 heavy (non-hydrogen) atoms. The molecule has 3 aromatic rings. The third-order valence-electron chi connectivity index (χ3n) is 6.94. The highest BCUT2D eigenvalue weighted by Gasteiger charge is 2.31. The lowest BCUT2D eigenvalue weighted by Gasteiger charge is -2.30. The zero-order valence-electron chi connectivity index (χ0n) is 21.0. The van der Waals surface area contributed by atoms with Crippen molar-refractivity contribution in [2.45, 2.75) is 38.4 Å². The quantitative estimate of drug-likeness (QED) is 0.525. The fraction of sp³-hybridized carbons (Fsp3) is 0.300. The summed E-state index contributed by atoms with van der Waals surface area (Å²) >= 11 is 0. The Labute approximate surface area is 213 Å². The highest BCUT2D eigenvalue weighted by atomic mass is 16.1. The van der Waals surface area contributed by atoms with Gasteiger partial charge in [-0.25, -0.2) is 0 Å². The van der Waals surface area contributed by atoms with E-state index in [-0.39, 0.29) is 18.0 Å². The van der Waals surface area contributed by atoms with Crippen molar-refractivity contribution >= 4 is 11.6 Å². The lowest BCUT2D eigenvalue weighted by molar-refractivity contribution is 0.0937. The fourth-order valence-corrected chi connectivity index (χ4v) is 4.65. The molecule has 0 aliphatic carbocycles. The average Bonchev–Trinajstić information content (AvgIpc) is 3.36. The molecule has 1 saturated heterocycles. The van der Waals surface area contributed by atoms with Gasteiger partial charge >= 0.3 is 0 Å². The normalized spacial score (nSPS) is 16.2. The van der Waals surface area contributed by atoms with E-state index >= 15 is 0 Å². The molecule has 0 spiro atoms. The van der Waals surface area contributed by atoms with Crippen molar-refractivity contribution in [1.82, 2.24) is 10.2 Å². The van der Waals surface area contributed by atoms with Crippen LogP contribution in [-0.4, -0.2) is 43.0 Å². The molecule has 3 aromatic carbocycles. The highest BCUT2D eigenvalue weighted by Crippen LogP contribution is 2.33. The largest absolute Gasteiger partial charge is 0.372 e. The van der Waals surface area contributed by atoms with Gasteiger partial charge in [0.25, 0.3) is 5.91 Å². The Morgan fingerprint density at radius 2 is 1.44 bits per heavy atom. The molecule has 6 heteroatoms. The van der Waals surface area contributed by atoms with Gasteiger partial charge in [0.05, 0.1) is 29.3 Å². The number of amides is 1. The molecule has 1 aliphatic rings. The van der Waals surface area contributed by atoms with E-state index in [1.165, 1.54) is 11.3 Å². The van der Waals surface area contributed by atoms with Crippen LogP contribution in [0.1, 0.15) is 58.9 Å². The molecule has 1 heterocycles. The molecule has 1 fully saturated rings. The average molecular weight is 478 g/mol. The predicted octanol–water partition coefficient (Wildman–Crippen LogP) is 4.87. The molecule has 1 amide bonds. The summed E-state index contributed by atoms with van der Waals surface area (Å²) in [5.41, 5.74) is 5.20. The van der Waals surface area contributed by atoms with Crippen LogP contribution in [0.4, 0.5) is 5.69 Å². The fourth-order valence-electron chi connectivity index (χ4n) is 4.65. The molecular formula is C30H31N5O. The number of carbonyl (C=O) groups excluding carboxylic acids is 1. The molecule has 182 valence electrons. The van der Waals surface area contributed by atoms with E-state index in [4.69, 9.17) is 5.26 Å². The van der Waals surface area contributed by atoms with Crippen molar-refractivity contribution in [3.05, 3.63) is 101 Å². The number of rotatable bonds is 7. The molecule has 1 N–H and O–H groups in total. The minimum Gasteiger partial charge on any atom is -0.372 e. The molecule has 6 nitrogen and oxygen atoms in total. The van der Waals surface area contributed by atoms with E-state index in [2.05, 4.69) is 72.4 Å². The predicted molar refractivity (Wildman–Crippen MR) is 142 cm³/mol. The summed E-state index contributed by atoms with van der Waals surface area (Å²) in [6.07, 6.45) is 0.850. The van der Waals surface area contributed by atoms with Crippen LogP contribution in [0.25, 0.3) is 0 Å². The van der Waals surface area contributed by atoms with Crippen LogP contribution in [0, 0.1) is 22.7 Å². The summed E-state index contributed by atoms with van der Waals surface area (Å²) < 4.78 is 0. The standard InChI is InChI=1S/C30H31N5O/c1-21(2)34(3)28-14-12-25(13-15-28)29(24-8-4-22(18-31)5-9-24)35-17-16-27(20-35)33-30(36)26-10-6-23(19-32)7-11-26/h4-15,21,27,29H,16-17,20H2,1-3H3,(H,33,36)/t27-,29?/m1/s1. The first-order valence-electron chi connectivity index (χ1n) is 12.3. The third-order valence-corrected chi connectivity index (χ3v) is 6.94. The van der Waals surface area contributed by atoms with Crippen molar-refractivity contribution in [2.75, 3.05) is 25.0 Å². The third kappa shape index (κ3) is 5.57. The minimum atomic E-state index is -0.123. The number of nitrogens with one attached hydrogen (secondary N) is 1. The van der Waals surface area contributed by atoms with E-state index in [1.807, 2.05) is 24.3 Å². The van der Waals surface area contributed by atoms with Gasteiger partial charge in [-0.05, 0) is 79.9 Å². The van der Waals surface area contributed by atoms with Gasteiger partial charge in [0.2, 0.25) is 0 Å². The first kappa shape index (κ1) is 25.0. The maximum absolute atomic E-state index is 12.8. The Kier molecular flexibility index (Phi) is 7.68. The molecule has 2 atom stereocenters. The van der Waals surface area contributed by atoms with Gasteiger partial charge in [0.15, 0.2) is 0 Å². The van der Waals surface area contributed by atoms with Crippen molar-refractivity contribution < 1.29 is 4.79 Å². The molecule has 0 bridgehead atoms. The lowest BCUT2D eigenvalue weighted by Crippen LogP contribution is -2.38. The van der Waals surface area contributed by atoms with E-state index in [0.717, 1.165) is 25.1 Å². The molecule has 4 rings (SSSR count). The summed E-state index contributed by atoms with van der Waals surface area (Å²) in [6.45, 7) is 5.91. The van der Waals surface area contributed by atoms with Gasteiger partial charge in [-0.3, -0.25) is 9.69 Å². The molecule has 0 aromatic heterocycles. The van der Waals surface area contributed by atoms with E-state index in [1.54, 1.807) is 24.3 Å². The second kappa shape index (κ2) is 11.1. The highest BCUT2D eigenvalue weighted by molar-refractivity contribution is 5.94. The van der Waals surface area contributed by atoms with Crippen LogP contribution in [0.2, 0.25) is 0 Å². The Balaban J connectivity index is 1.54. The maximum atomic E-state index is 12.8. The molecule has 1 unspecified atom stereocenters. The van der Waals surface area contributed by atoms with Crippen molar-refractivity contribution in [3.8, 4) is 12.1 Å². The number of hydrogen-bond acceptors (Lipinski definition) is 5. The number of carbonyl (C=O) groups is 1. The van der Waals surface area contributed by atoms with Crippen LogP contribution in [0.3, 0.4) is 0 Å². The van der Waals surface area contributed by atoms with Crippen LogP contribution >= 0.6 is 0 Å². The summed E-state index contributed by atoms with van der Waals surface area (Å²) in [7, 11) is 2.10. The minimum absolute atomic E-state index is 0.0213. The van der Waals surface area contributed by atoms with Crippen LogP contribution < -0.4 is 10.2 Å². The number of benzene rings is 3. The molecule has 1 aliphatic heterocycles. The monoisotopic (exact) mass is 477 g/mol. The van der Waals surface area contributed by atoms with Crippen LogP contribution in [0.15, 0.2) is 72.8 Å². The summed E-state index contributed by atoms with van der Waals surface area (Å²) in [4.78, 5) is 17.4. The smallest absolute Gasteiger partial charge is 0.251 e. The first-order valence-corrected chi connectivity index (χ1v) is 12.3. The van der Waals surface area contributed by atoms with Gasteiger partial charge in [-0.15, -0.1) is 0 Å². The second-order valence-corrected chi connectivity index (χ2v) is 9.58. The summed E-state index contributed by atoms with van der Waals surface area (Å²) in [6, 6.07) is 27.9. The molecule has 0 saturated carbocycles. The van der Waals surface area contributed by atoms with Gasteiger partial charge in [-0.2, -0.15) is 10.5 Å². The van der Waals surface area contributed by atoms with Gasteiger partial charge in [-0.1, -0.05) is 24.3 Å². The van der Waals surface area contributed by atoms with Gasteiger partial charge < -0.3 is 10.2 Å². The molecular weight excluding hydrogens is 446 g/mol. The van der Waals surface area contributed by atoms with Gasteiger partial charge in [0, 0.05) is 43.5 Å². The number of anilines is 1. The second-order valence-electron chi connectivity index (χ2n) is 9.58. The van der Waals surface area contributed by atoms with Crippen LogP contribution in [0.5, 0.6) is 0 Å². The van der Waals surface area contributed by atoms with E-state index in [0.29, 0.717) is 22.7 Å². The Bertz CT molecular complexity index is 1270. The van der Waals surface area contributed by atoms with Gasteiger partial charge in [0.1, 0.15) is 0 Å². The molecule has 0 radical (unpaired) electrons. The summed E-state index contributed by atoms with van der Waals surface area (Å²) in [5.74, 6) is -0.123. The lowest BCUT2D eigenvalue weighted by atomic mass is 9.96. The Hall–Kier alpha value is -4.13. The number of likely N-dealkylation sites (tertiary alicyclic amines) is 1. The zero-order valence-corrected chi connectivity index (χ0v) is 21.0. The number of hydrogen-bond donors (Lipinski definition) is 1. The Morgan fingerprint density at radius 3 is 1.97 bits per heavy atom.